The maximum atomic E-state index is 12.2. The van der Waals surface area contributed by atoms with Crippen molar-refractivity contribution in [3.05, 3.63) is 30.3 Å². The van der Waals surface area contributed by atoms with Gasteiger partial charge in [0.15, 0.2) is 5.11 Å². The normalized spacial score (nSPS) is 19.6. The zero-order valence-corrected chi connectivity index (χ0v) is 12.0. The largest absolute Gasteiger partial charge is 0.350 e. The summed E-state index contributed by atoms with van der Waals surface area (Å²) in [5.41, 5.74) is 0.687. The molecule has 1 atom stereocenters. The first-order valence-electron chi connectivity index (χ1n) is 5.76. The molecule has 1 unspecified atom stereocenters. The fourth-order valence-electron chi connectivity index (χ4n) is 1.88. The number of hydrogen-bond donors (Lipinski definition) is 1. The van der Waals surface area contributed by atoms with E-state index in [1.165, 1.54) is 4.90 Å². The number of benzene rings is 1. The smallest absolute Gasteiger partial charge is 0.255 e. The predicted octanol–water partition coefficient (Wildman–Crippen LogP) is 0.711. The first-order chi connectivity index (χ1) is 8.88. The molecule has 1 saturated heterocycles. The quantitative estimate of drug-likeness (QED) is 0.829. The average Bonchev–Trinajstić information content (AvgIpc) is 2.62. The lowest BCUT2D eigenvalue weighted by Gasteiger charge is -2.14. The number of carbonyl (C=O) groups excluding carboxylic acids is 1. The van der Waals surface area contributed by atoms with Gasteiger partial charge in [-0.2, -0.15) is 0 Å². The Kier molecular flexibility index (Phi) is 3.86. The van der Waals surface area contributed by atoms with Crippen LogP contribution < -0.4 is 10.2 Å². The number of sulfone groups is 1. The molecule has 0 aliphatic carbocycles. The van der Waals surface area contributed by atoms with Gasteiger partial charge in [0.25, 0.3) is 5.91 Å². The van der Waals surface area contributed by atoms with Crippen molar-refractivity contribution < 1.29 is 13.2 Å². The molecule has 1 amide bonds. The number of nitrogens with zero attached hydrogens (tertiary/aromatic N) is 1. The van der Waals surface area contributed by atoms with Crippen LogP contribution >= 0.6 is 12.2 Å². The minimum Gasteiger partial charge on any atom is -0.350 e. The van der Waals surface area contributed by atoms with Gasteiger partial charge in [-0.05, 0) is 30.8 Å². The summed E-state index contributed by atoms with van der Waals surface area (Å²) < 4.78 is 22.3. The van der Waals surface area contributed by atoms with Gasteiger partial charge in [-0.3, -0.25) is 9.69 Å². The van der Waals surface area contributed by atoms with E-state index in [0.717, 1.165) is 6.26 Å². The third-order valence-corrected chi connectivity index (χ3v) is 4.09. The number of carbonyl (C=O) groups is 1. The summed E-state index contributed by atoms with van der Waals surface area (Å²) in [5, 5.41) is 3.18. The van der Waals surface area contributed by atoms with Crippen LogP contribution in [0.5, 0.6) is 0 Å². The second kappa shape index (κ2) is 5.26. The zero-order valence-electron chi connectivity index (χ0n) is 10.4. The van der Waals surface area contributed by atoms with Crippen molar-refractivity contribution in [3.63, 3.8) is 0 Å². The van der Waals surface area contributed by atoms with Crippen molar-refractivity contribution in [1.82, 2.24) is 5.32 Å². The van der Waals surface area contributed by atoms with Gasteiger partial charge in [-0.25, -0.2) is 8.42 Å². The molecule has 2 rings (SSSR count). The molecular weight excluding hydrogens is 284 g/mol. The van der Waals surface area contributed by atoms with E-state index in [0.29, 0.717) is 10.8 Å². The lowest BCUT2D eigenvalue weighted by Crippen LogP contribution is -2.32. The highest BCUT2D eigenvalue weighted by atomic mass is 32.2. The van der Waals surface area contributed by atoms with Crippen LogP contribution in [0.25, 0.3) is 0 Å². The summed E-state index contributed by atoms with van der Waals surface area (Å²) in [7, 11) is -3.09. The number of anilines is 1. The summed E-state index contributed by atoms with van der Waals surface area (Å²) in [6.07, 6.45) is 1.38. The Morgan fingerprint density at radius 2 is 1.95 bits per heavy atom. The molecule has 7 heteroatoms. The summed E-state index contributed by atoms with van der Waals surface area (Å²) in [6.45, 7) is 0. The lowest BCUT2D eigenvalue weighted by molar-refractivity contribution is -0.118. The number of hydrogen-bond acceptors (Lipinski definition) is 4. The summed E-state index contributed by atoms with van der Waals surface area (Å²) in [5.74, 6) is -0.249. The molecule has 1 aliphatic heterocycles. The van der Waals surface area contributed by atoms with Crippen LogP contribution in [0.2, 0.25) is 0 Å². The van der Waals surface area contributed by atoms with E-state index in [-0.39, 0.29) is 18.1 Å². The summed E-state index contributed by atoms with van der Waals surface area (Å²) in [4.78, 5) is 13.6. The molecule has 1 aliphatic rings. The van der Waals surface area contributed by atoms with E-state index in [1.807, 2.05) is 18.2 Å². The van der Waals surface area contributed by atoms with E-state index >= 15 is 0 Å². The molecule has 0 radical (unpaired) electrons. The van der Waals surface area contributed by atoms with Gasteiger partial charge in [0, 0.05) is 6.26 Å². The maximum absolute atomic E-state index is 12.2. The van der Waals surface area contributed by atoms with E-state index in [9.17, 15) is 13.2 Å². The Balaban J connectivity index is 2.13. The Morgan fingerprint density at radius 3 is 2.53 bits per heavy atom. The highest BCUT2D eigenvalue weighted by molar-refractivity contribution is 7.90. The number of nitrogens with one attached hydrogen (secondary N) is 1. The third-order valence-electron chi connectivity index (χ3n) is 2.81. The van der Waals surface area contributed by atoms with E-state index in [1.54, 1.807) is 12.1 Å². The van der Waals surface area contributed by atoms with Crippen LogP contribution in [-0.4, -0.2) is 37.5 Å². The Hall–Kier alpha value is -1.47. The molecule has 5 nitrogen and oxygen atoms in total. The predicted molar refractivity (Wildman–Crippen MR) is 77.8 cm³/mol. The van der Waals surface area contributed by atoms with Gasteiger partial charge < -0.3 is 5.32 Å². The van der Waals surface area contributed by atoms with Gasteiger partial charge >= 0.3 is 0 Å². The van der Waals surface area contributed by atoms with Crippen LogP contribution in [0.4, 0.5) is 5.69 Å². The van der Waals surface area contributed by atoms with E-state index in [2.05, 4.69) is 5.32 Å². The van der Waals surface area contributed by atoms with Crippen molar-refractivity contribution in [2.75, 3.05) is 16.9 Å². The number of rotatable bonds is 4. The van der Waals surface area contributed by atoms with Crippen LogP contribution in [-0.2, 0) is 14.6 Å². The van der Waals surface area contributed by atoms with Crippen LogP contribution in [0.1, 0.15) is 6.42 Å². The first kappa shape index (κ1) is 14.0. The molecule has 102 valence electrons. The molecule has 0 saturated carbocycles. The monoisotopic (exact) mass is 298 g/mol. The second-order valence-corrected chi connectivity index (χ2v) is 7.08. The maximum Gasteiger partial charge on any atom is 0.255 e. The SMILES string of the molecule is CS(=O)(=O)CCC1NC(=S)N(c2ccccc2)C1=O. The topological polar surface area (TPSA) is 66.5 Å². The number of thiocarbonyl (C=S) groups is 1. The third kappa shape index (κ3) is 3.30. The molecule has 1 aromatic rings. The van der Waals surface area contributed by atoms with E-state index in [4.69, 9.17) is 12.2 Å². The minimum absolute atomic E-state index is 0.0400. The molecule has 0 aromatic heterocycles. The zero-order chi connectivity index (χ0) is 14.0. The summed E-state index contributed by atoms with van der Waals surface area (Å²) in [6, 6.07) is 8.48. The number of amides is 1. The van der Waals surface area contributed by atoms with Crippen molar-refractivity contribution in [1.29, 1.82) is 0 Å². The molecular formula is C12H14N2O3S2. The van der Waals surface area contributed by atoms with Gasteiger partial charge in [0.05, 0.1) is 11.4 Å². The highest BCUT2D eigenvalue weighted by Crippen LogP contribution is 2.20. The van der Waals surface area contributed by atoms with Gasteiger partial charge in [0.2, 0.25) is 0 Å². The first-order valence-corrected chi connectivity index (χ1v) is 8.22. The summed E-state index contributed by atoms with van der Waals surface area (Å²) >= 11 is 5.13. The molecule has 1 fully saturated rings. The molecule has 19 heavy (non-hydrogen) atoms. The van der Waals surface area contributed by atoms with Gasteiger partial charge in [-0.1, -0.05) is 18.2 Å². The number of para-hydroxylation sites is 1. The standard InChI is InChI=1S/C12H14N2O3S2/c1-19(16,17)8-7-10-11(15)14(12(18)13-10)9-5-3-2-4-6-9/h2-6,10H,7-8H2,1H3,(H,13,18). The van der Waals surface area contributed by atoms with Crippen LogP contribution in [0, 0.1) is 0 Å². The molecule has 0 spiro atoms. The van der Waals surface area contributed by atoms with Crippen molar-refractivity contribution in [3.8, 4) is 0 Å². The highest BCUT2D eigenvalue weighted by Gasteiger charge is 2.36. The van der Waals surface area contributed by atoms with Crippen molar-refractivity contribution >= 4 is 38.8 Å². The minimum atomic E-state index is -3.09. The second-order valence-electron chi connectivity index (χ2n) is 4.43. The average molecular weight is 298 g/mol. The van der Waals surface area contributed by atoms with Crippen LogP contribution in [0.15, 0.2) is 30.3 Å². The fourth-order valence-corrected chi connectivity index (χ4v) is 2.88. The Bertz CT molecular complexity index is 599. The van der Waals surface area contributed by atoms with E-state index < -0.39 is 15.9 Å². The fraction of sp³-hybridized carbons (Fsp3) is 0.333. The van der Waals surface area contributed by atoms with Crippen molar-refractivity contribution in [2.45, 2.75) is 12.5 Å². The Labute approximate surface area is 117 Å². The van der Waals surface area contributed by atoms with Crippen LogP contribution in [0.3, 0.4) is 0 Å². The lowest BCUT2D eigenvalue weighted by atomic mass is 10.2. The molecule has 0 bridgehead atoms. The van der Waals surface area contributed by atoms with Gasteiger partial charge in [0.1, 0.15) is 15.9 Å². The molecule has 1 heterocycles. The molecule has 1 aromatic carbocycles. The van der Waals surface area contributed by atoms with Gasteiger partial charge in [-0.15, -0.1) is 0 Å². The Morgan fingerprint density at radius 1 is 1.32 bits per heavy atom. The van der Waals surface area contributed by atoms with Crippen molar-refractivity contribution in [2.24, 2.45) is 0 Å². The molecule has 1 N–H and O–H groups in total.